The molecule has 0 radical (unpaired) electrons. The Morgan fingerprint density at radius 1 is 1.06 bits per heavy atom. The van der Waals surface area contributed by atoms with Crippen molar-refractivity contribution in [1.29, 1.82) is 0 Å². The number of hydrogen-bond acceptors (Lipinski definition) is 8. The van der Waals surface area contributed by atoms with Gasteiger partial charge in [0, 0.05) is 11.4 Å². The van der Waals surface area contributed by atoms with Crippen molar-refractivity contribution >= 4 is 34.7 Å². The standard InChI is InChI=1S/C20H16F3N5O4/c1-2-32-19(29)12-6-8-14(9-7-12)26-17-16(28(30)31)18(25-11-24-17)27-15-5-3-4-13(10-15)20(21,22)23/h3-11H,2H2,1H3,(H2,24,25,26,27). The molecule has 0 fully saturated rings. The quantitative estimate of drug-likeness (QED) is 0.293. The number of nitro groups is 1. The summed E-state index contributed by atoms with van der Waals surface area (Å²) in [6, 6.07) is 10.1. The Balaban J connectivity index is 1.89. The Hall–Kier alpha value is -4.22. The van der Waals surface area contributed by atoms with Gasteiger partial charge in [-0.05, 0) is 49.4 Å². The molecule has 32 heavy (non-hydrogen) atoms. The minimum atomic E-state index is -4.57. The topological polar surface area (TPSA) is 119 Å². The van der Waals surface area contributed by atoms with Crippen LogP contribution in [0.25, 0.3) is 0 Å². The summed E-state index contributed by atoms with van der Waals surface area (Å²) >= 11 is 0. The predicted octanol–water partition coefficient (Wildman–Crippen LogP) is 5.07. The van der Waals surface area contributed by atoms with Gasteiger partial charge >= 0.3 is 17.8 Å². The molecule has 1 aromatic heterocycles. The van der Waals surface area contributed by atoms with E-state index in [9.17, 15) is 28.1 Å². The first-order chi connectivity index (χ1) is 15.2. The van der Waals surface area contributed by atoms with Crippen molar-refractivity contribution in [1.82, 2.24) is 9.97 Å². The number of carbonyl (C=O) groups is 1. The van der Waals surface area contributed by atoms with E-state index in [4.69, 9.17) is 4.74 Å². The Kier molecular flexibility index (Phi) is 6.52. The number of nitrogens with zero attached hydrogens (tertiary/aromatic N) is 3. The third-order valence-corrected chi connectivity index (χ3v) is 4.12. The molecule has 1 heterocycles. The number of nitrogens with one attached hydrogen (secondary N) is 2. The minimum Gasteiger partial charge on any atom is -0.462 e. The Bertz CT molecular complexity index is 1140. The molecule has 0 saturated carbocycles. The molecule has 0 atom stereocenters. The van der Waals surface area contributed by atoms with Gasteiger partial charge < -0.3 is 15.4 Å². The van der Waals surface area contributed by atoms with E-state index < -0.39 is 28.3 Å². The van der Waals surface area contributed by atoms with Crippen LogP contribution < -0.4 is 10.6 Å². The van der Waals surface area contributed by atoms with Crippen molar-refractivity contribution in [3.05, 3.63) is 76.1 Å². The molecule has 0 saturated heterocycles. The van der Waals surface area contributed by atoms with Crippen LogP contribution in [-0.4, -0.2) is 27.5 Å². The summed E-state index contributed by atoms with van der Waals surface area (Å²) in [5.41, 5.74) is -0.851. The molecular formula is C20H16F3N5O4. The van der Waals surface area contributed by atoms with Crippen LogP contribution in [0.15, 0.2) is 54.9 Å². The van der Waals surface area contributed by atoms with Crippen molar-refractivity contribution in [3.8, 4) is 0 Å². The molecule has 0 spiro atoms. The van der Waals surface area contributed by atoms with Crippen LogP contribution in [0.3, 0.4) is 0 Å². The van der Waals surface area contributed by atoms with E-state index in [0.29, 0.717) is 11.3 Å². The normalized spacial score (nSPS) is 11.0. The number of anilines is 4. The number of benzene rings is 2. The van der Waals surface area contributed by atoms with E-state index in [2.05, 4.69) is 20.6 Å². The van der Waals surface area contributed by atoms with Crippen LogP contribution in [0, 0.1) is 10.1 Å². The number of ether oxygens (including phenoxy) is 1. The largest absolute Gasteiger partial charge is 0.462 e. The number of esters is 1. The van der Waals surface area contributed by atoms with E-state index in [1.54, 1.807) is 6.92 Å². The average Bonchev–Trinajstić information content (AvgIpc) is 2.74. The minimum absolute atomic E-state index is 0.0358. The molecular weight excluding hydrogens is 431 g/mol. The van der Waals surface area contributed by atoms with Crippen LogP contribution in [0.2, 0.25) is 0 Å². The van der Waals surface area contributed by atoms with E-state index in [1.807, 2.05) is 0 Å². The summed E-state index contributed by atoms with van der Waals surface area (Å²) in [5.74, 6) is -1.00. The van der Waals surface area contributed by atoms with Gasteiger partial charge in [-0.3, -0.25) is 10.1 Å². The van der Waals surface area contributed by atoms with Crippen LogP contribution in [0.4, 0.5) is 41.9 Å². The smallest absolute Gasteiger partial charge is 0.416 e. The van der Waals surface area contributed by atoms with Crippen molar-refractivity contribution < 1.29 is 27.6 Å². The number of halogens is 3. The van der Waals surface area contributed by atoms with Crippen molar-refractivity contribution in [3.63, 3.8) is 0 Å². The molecule has 2 aromatic carbocycles. The van der Waals surface area contributed by atoms with Crippen molar-refractivity contribution in [2.75, 3.05) is 17.2 Å². The van der Waals surface area contributed by atoms with Crippen LogP contribution >= 0.6 is 0 Å². The highest BCUT2D eigenvalue weighted by atomic mass is 19.4. The molecule has 166 valence electrons. The zero-order valence-electron chi connectivity index (χ0n) is 16.5. The van der Waals surface area contributed by atoms with Crippen LogP contribution in [-0.2, 0) is 10.9 Å². The average molecular weight is 447 g/mol. The van der Waals surface area contributed by atoms with Gasteiger partial charge in [-0.15, -0.1) is 0 Å². The molecule has 3 aromatic rings. The SMILES string of the molecule is CCOC(=O)c1ccc(Nc2ncnc(Nc3cccc(C(F)(F)F)c3)c2[N+](=O)[O-])cc1. The second-order valence-electron chi connectivity index (χ2n) is 6.30. The lowest BCUT2D eigenvalue weighted by Crippen LogP contribution is -2.08. The molecule has 9 nitrogen and oxygen atoms in total. The zero-order chi connectivity index (χ0) is 23.3. The number of aromatic nitrogens is 2. The molecule has 0 amide bonds. The number of carbonyl (C=O) groups excluding carboxylic acids is 1. The van der Waals surface area contributed by atoms with Gasteiger partial charge in [0.25, 0.3) is 0 Å². The summed E-state index contributed by atoms with van der Waals surface area (Å²) in [6.07, 6.45) is -3.55. The lowest BCUT2D eigenvalue weighted by atomic mass is 10.2. The molecule has 2 N–H and O–H groups in total. The summed E-state index contributed by atoms with van der Waals surface area (Å²) < 4.78 is 43.7. The molecule has 3 rings (SSSR count). The molecule has 0 unspecified atom stereocenters. The first-order valence-corrected chi connectivity index (χ1v) is 9.17. The van der Waals surface area contributed by atoms with Gasteiger partial charge in [0.1, 0.15) is 6.33 Å². The first kappa shape index (κ1) is 22.5. The van der Waals surface area contributed by atoms with Gasteiger partial charge in [-0.1, -0.05) is 6.07 Å². The summed E-state index contributed by atoms with van der Waals surface area (Å²) in [5, 5.41) is 17.0. The van der Waals surface area contributed by atoms with Crippen LogP contribution in [0.1, 0.15) is 22.8 Å². The monoisotopic (exact) mass is 447 g/mol. The van der Waals surface area contributed by atoms with E-state index in [0.717, 1.165) is 18.5 Å². The molecule has 0 aliphatic carbocycles. The highest BCUT2D eigenvalue weighted by Gasteiger charge is 2.31. The zero-order valence-corrected chi connectivity index (χ0v) is 16.5. The first-order valence-electron chi connectivity index (χ1n) is 9.17. The molecule has 0 bridgehead atoms. The lowest BCUT2D eigenvalue weighted by Gasteiger charge is -2.12. The summed E-state index contributed by atoms with van der Waals surface area (Å²) in [7, 11) is 0. The van der Waals surface area contributed by atoms with E-state index in [1.165, 1.54) is 36.4 Å². The lowest BCUT2D eigenvalue weighted by molar-refractivity contribution is -0.383. The maximum atomic E-state index is 12.9. The second kappa shape index (κ2) is 9.29. The van der Waals surface area contributed by atoms with Gasteiger partial charge in [-0.25, -0.2) is 14.8 Å². The fourth-order valence-corrected chi connectivity index (χ4v) is 2.69. The van der Waals surface area contributed by atoms with Crippen LogP contribution in [0.5, 0.6) is 0 Å². The second-order valence-corrected chi connectivity index (χ2v) is 6.30. The van der Waals surface area contributed by atoms with E-state index >= 15 is 0 Å². The fourth-order valence-electron chi connectivity index (χ4n) is 2.69. The number of rotatable bonds is 7. The predicted molar refractivity (Wildman–Crippen MR) is 109 cm³/mol. The van der Waals surface area contributed by atoms with Crippen molar-refractivity contribution in [2.45, 2.75) is 13.1 Å². The molecule has 0 aliphatic rings. The fraction of sp³-hybridized carbons (Fsp3) is 0.150. The number of alkyl halides is 3. The molecule has 12 heteroatoms. The molecule has 0 aliphatic heterocycles. The third kappa shape index (κ3) is 5.28. The maximum Gasteiger partial charge on any atom is 0.416 e. The van der Waals surface area contributed by atoms with E-state index in [-0.39, 0.29) is 23.9 Å². The van der Waals surface area contributed by atoms with Gasteiger partial charge in [0.05, 0.1) is 22.7 Å². The van der Waals surface area contributed by atoms with Gasteiger partial charge in [0.15, 0.2) is 0 Å². The van der Waals surface area contributed by atoms with Crippen molar-refractivity contribution in [2.24, 2.45) is 0 Å². The van der Waals surface area contributed by atoms with Gasteiger partial charge in [0.2, 0.25) is 11.6 Å². The Labute approximate surface area is 179 Å². The Morgan fingerprint density at radius 3 is 2.25 bits per heavy atom. The third-order valence-electron chi connectivity index (χ3n) is 4.12. The highest BCUT2D eigenvalue weighted by Crippen LogP contribution is 2.35. The number of hydrogen-bond donors (Lipinski definition) is 2. The van der Waals surface area contributed by atoms with Gasteiger partial charge in [-0.2, -0.15) is 13.2 Å². The highest BCUT2D eigenvalue weighted by molar-refractivity contribution is 5.90. The maximum absolute atomic E-state index is 12.9. The summed E-state index contributed by atoms with van der Waals surface area (Å²) in [6.45, 7) is 1.89. The Morgan fingerprint density at radius 2 is 1.69 bits per heavy atom. The summed E-state index contributed by atoms with van der Waals surface area (Å²) in [4.78, 5) is 30.3.